The van der Waals surface area contributed by atoms with Crippen LogP contribution in [0.3, 0.4) is 0 Å². The van der Waals surface area contributed by atoms with E-state index >= 15 is 0 Å². The third-order valence-electron chi connectivity index (χ3n) is 4.87. The Kier molecular flexibility index (Phi) is 3.25. The largest absolute Gasteiger partial charge is 0.381 e. The van der Waals surface area contributed by atoms with E-state index in [0.29, 0.717) is 5.92 Å². The van der Waals surface area contributed by atoms with Crippen molar-refractivity contribution in [2.24, 2.45) is 5.92 Å². The van der Waals surface area contributed by atoms with Gasteiger partial charge in [-0.2, -0.15) is 0 Å². The highest BCUT2D eigenvalue weighted by molar-refractivity contribution is 5.83. The van der Waals surface area contributed by atoms with E-state index in [9.17, 15) is 0 Å². The van der Waals surface area contributed by atoms with Gasteiger partial charge < -0.3 is 14.6 Å². The molecule has 1 N–H and O–H groups in total. The molecular formula is C17H22N2O. The molecule has 2 fully saturated rings. The summed E-state index contributed by atoms with van der Waals surface area (Å²) >= 11 is 0. The van der Waals surface area contributed by atoms with Crippen molar-refractivity contribution in [2.45, 2.75) is 18.8 Å². The number of ether oxygens (including phenoxy) is 1. The Bertz CT molecular complexity index is 585. The van der Waals surface area contributed by atoms with Crippen LogP contribution >= 0.6 is 0 Å². The van der Waals surface area contributed by atoms with Crippen molar-refractivity contribution >= 4 is 10.9 Å². The second kappa shape index (κ2) is 5.23. The number of para-hydroxylation sites is 1. The minimum atomic E-state index is 0.688. The van der Waals surface area contributed by atoms with Gasteiger partial charge in [-0.3, -0.25) is 0 Å². The fourth-order valence-corrected chi connectivity index (χ4v) is 3.78. The summed E-state index contributed by atoms with van der Waals surface area (Å²) in [6, 6.07) is 8.65. The van der Waals surface area contributed by atoms with Crippen molar-refractivity contribution in [1.82, 2.24) is 9.88 Å². The van der Waals surface area contributed by atoms with Gasteiger partial charge in [0, 0.05) is 36.8 Å². The van der Waals surface area contributed by atoms with Crippen molar-refractivity contribution in [3.63, 3.8) is 0 Å². The van der Waals surface area contributed by atoms with Crippen LogP contribution in [0.4, 0.5) is 0 Å². The maximum Gasteiger partial charge on any atom is 0.0507 e. The van der Waals surface area contributed by atoms with E-state index < -0.39 is 0 Å². The van der Waals surface area contributed by atoms with E-state index in [1.165, 1.54) is 48.9 Å². The van der Waals surface area contributed by atoms with E-state index in [1.807, 2.05) is 0 Å². The van der Waals surface area contributed by atoms with Crippen LogP contribution in [0.1, 0.15) is 24.3 Å². The summed E-state index contributed by atoms with van der Waals surface area (Å²) in [5.74, 6) is 1.45. The Labute approximate surface area is 119 Å². The van der Waals surface area contributed by atoms with Gasteiger partial charge in [0.15, 0.2) is 0 Å². The number of nitrogens with zero attached hydrogens (tertiary/aromatic N) is 1. The van der Waals surface area contributed by atoms with Gasteiger partial charge in [-0.15, -0.1) is 0 Å². The molecule has 20 heavy (non-hydrogen) atoms. The molecule has 1 aromatic heterocycles. The molecule has 0 bridgehead atoms. The third kappa shape index (κ3) is 2.25. The summed E-state index contributed by atoms with van der Waals surface area (Å²) in [6.45, 7) is 5.59. The molecule has 106 valence electrons. The van der Waals surface area contributed by atoms with Crippen LogP contribution in [0.15, 0.2) is 30.5 Å². The number of aromatic nitrogens is 1. The summed E-state index contributed by atoms with van der Waals surface area (Å²) in [5, 5.41) is 1.41. The lowest BCUT2D eigenvalue weighted by atomic mass is 9.98. The van der Waals surface area contributed by atoms with E-state index in [-0.39, 0.29) is 0 Å². The minimum absolute atomic E-state index is 0.688. The quantitative estimate of drug-likeness (QED) is 0.928. The number of fused-ring (bicyclic) bond motifs is 1. The molecule has 2 atom stereocenters. The molecule has 0 unspecified atom stereocenters. The van der Waals surface area contributed by atoms with Crippen molar-refractivity contribution < 1.29 is 4.74 Å². The third-order valence-corrected chi connectivity index (χ3v) is 4.87. The van der Waals surface area contributed by atoms with Gasteiger partial charge in [0.1, 0.15) is 0 Å². The first kappa shape index (κ1) is 12.4. The number of hydrogen-bond acceptors (Lipinski definition) is 2. The van der Waals surface area contributed by atoms with Crippen LogP contribution < -0.4 is 0 Å². The Balaban J connectivity index is 1.47. The zero-order valence-corrected chi connectivity index (χ0v) is 11.8. The Morgan fingerprint density at radius 1 is 1.25 bits per heavy atom. The molecule has 4 rings (SSSR count). The van der Waals surface area contributed by atoms with Crippen LogP contribution in [0.2, 0.25) is 0 Å². The van der Waals surface area contributed by atoms with Gasteiger partial charge in [-0.1, -0.05) is 18.2 Å². The van der Waals surface area contributed by atoms with E-state index in [2.05, 4.69) is 40.3 Å². The number of H-pyrrole nitrogens is 1. The Hall–Kier alpha value is -1.32. The average Bonchev–Trinajstić information content (AvgIpc) is 3.18. The monoisotopic (exact) mass is 270 g/mol. The number of benzene rings is 1. The van der Waals surface area contributed by atoms with E-state index in [4.69, 9.17) is 4.74 Å². The first-order valence-corrected chi connectivity index (χ1v) is 7.76. The van der Waals surface area contributed by atoms with Crippen LogP contribution in [0, 0.1) is 5.92 Å². The molecule has 2 aliphatic heterocycles. The number of likely N-dealkylation sites (tertiary alicyclic amines) is 1. The molecule has 0 amide bonds. The lowest BCUT2D eigenvalue weighted by Crippen LogP contribution is -2.27. The molecule has 2 aliphatic rings. The number of aromatic amines is 1. The molecule has 0 saturated carbocycles. The molecule has 2 aromatic rings. The van der Waals surface area contributed by atoms with Crippen LogP contribution in [0.25, 0.3) is 10.9 Å². The number of hydrogen-bond donors (Lipinski definition) is 1. The average molecular weight is 270 g/mol. The van der Waals surface area contributed by atoms with Gasteiger partial charge >= 0.3 is 0 Å². The second-order valence-electron chi connectivity index (χ2n) is 6.26. The molecule has 1 aromatic carbocycles. The summed E-state index contributed by atoms with van der Waals surface area (Å²) < 4.78 is 5.49. The Morgan fingerprint density at radius 3 is 3.10 bits per heavy atom. The maximum atomic E-state index is 5.49. The molecule has 0 radical (unpaired) electrons. The zero-order chi connectivity index (χ0) is 13.4. The molecule has 2 saturated heterocycles. The highest BCUT2D eigenvalue weighted by atomic mass is 16.5. The summed E-state index contributed by atoms with van der Waals surface area (Å²) in [7, 11) is 0. The summed E-state index contributed by atoms with van der Waals surface area (Å²) in [4.78, 5) is 6.05. The second-order valence-corrected chi connectivity index (χ2v) is 6.26. The fourth-order valence-electron chi connectivity index (χ4n) is 3.78. The van der Waals surface area contributed by atoms with Crippen LogP contribution in [0.5, 0.6) is 0 Å². The summed E-state index contributed by atoms with van der Waals surface area (Å²) in [6.07, 6.45) is 4.75. The van der Waals surface area contributed by atoms with Crippen LogP contribution in [-0.4, -0.2) is 42.7 Å². The summed E-state index contributed by atoms with van der Waals surface area (Å²) in [5.41, 5.74) is 2.77. The van der Waals surface area contributed by atoms with Gasteiger partial charge in [0.25, 0.3) is 0 Å². The van der Waals surface area contributed by atoms with Crippen molar-refractivity contribution in [1.29, 1.82) is 0 Å². The fraction of sp³-hybridized carbons (Fsp3) is 0.529. The minimum Gasteiger partial charge on any atom is -0.381 e. The molecule has 0 spiro atoms. The molecule has 0 aliphatic carbocycles. The lowest BCUT2D eigenvalue weighted by molar-refractivity contribution is 0.173. The van der Waals surface area contributed by atoms with E-state index in [0.717, 1.165) is 19.1 Å². The zero-order valence-electron chi connectivity index (χ0n) is 11.8. The van der Waals surface area contributed by atoms with E-state index in [1.54, 1.807) is 0 Å². The highest BCUT2D eigenvalue weighted by Gasteiger charge is 2.28. The van der Waals surface area contributed by atoms with Crippen molar-refractivity contribution in [3.8, 4) is 0 Å². The van der Waals surface area contributed by atoms with Crippen LogP contribution in [-0.2, 0) is 4.74 Å². The maximum absolute atomic E-state index is 5.49. The van der Waals surface area contributed by atoms with Gasteiger partial charge in [0.05, 0.1) is 6.61 Å². The predicted molar refractivity (Wildman–Crippen MR) is 81.0 cm³/mol. The Morgan fingerprint density at radius 2 is 2.20 bits per heavy atom. The lowest BCUT2D eigenvalue weighted by Gasteiger charge is -2.19. The predicted octanol–water partition coefficient (Wildman–Crippen LogP) is 2.99. The number of rotatable bonds is 3. The van der Waals surface area contributed by atoms with Crippen molar-refractivity contribution in [2.75, 3.05) is 32.8 Å². The standard InChI is InChI=1S/C17H22N2O/c1-2-4-17-15(3-1)16(9-18-17)14-5-7-19(11-14)10-13-6-8-20-12-13/h1-4,9,13-14,18H,5-8,10-12H2/t13-,14+/m1/s1. The van der Waals surface area contributed by atoms with Gasteiger partial charge in [-0.05, 0) is 42.9 Å². The normalized spacial score (nSPS) is 27.6. The first-order chi connectivity index (χ1) is 9.90. The molecule has 3 heteroatoms. The smallest absolute Gasteiger partial charge is 0.0507 e. The first-order valence-electron chi connectivity index (χ1n) is 7.76. The van der Waals surface area contributed by atoms with Gasteiger partial charge in [-0.25, -0.2) is 0 Å². The SMILES string of the molecule is c1ccc2c([C@H]3CCN(C[C@H]4CCOC4)C3)c[nH]c2c1. The van der Waals surface area contributed by atoms with Gasteiger partial charge in [0.2, 0.25) is 0 Å². The molecule has 3 heterocycles. The highest BCUT2D eigenvalue weighted by Crippen LogP contribution is 2.33. The molecular weight excluding hydrogens is 248 g/mol. The number of nitrogens with one attached hydrogen (secondary N) is 1. The topological polar surface area (TPSA) is 28.3 Å². The molecule has 3 nitrogen and oxygen atoms in total. The van der Waals surface area contributed by atoms with Crippen molar-refractivity contribution in [3.05, 3.63) is 36.0 Å².